The Balaban J connectivity index is 1.64. The minimum atomic E-state index is -2.46. The Hall–Kier alpha value is -3.12. The third kappa shape index (κ3) is 6.58. The van der Waals surface area contributed by atoms with Crippen molar-refractivity contribution in [1.82, 2.24) is 9.55 Å². The van der Waals surface area contributed by atoms with Gasteiger partial charge in [-0.3, -0.25) is 14.3 Å². The molecule has 0 radical (unpaired) electrons. The zero-order valence-corrected chi connectivity index (χ0v) is 28.1. The molecule has 45 heavy (non-hydrogen) atoms. The summed E-state index contributed by atoms with van der Waals surface area (Å²) in [5.74, 6) is 0. The van der Waals surface area contributed by atoms with E-state index < -0.39 is 49.2 Å². The van der Waals surface area contributed by atoms with Crippen molar-refractivity contribution >= 4 is 8.32 Å². The van der Waals surface area contributed by atoms with Gasteiger partial charge in [-0.15, -0.1) is 0 Å². The first-order valence-electron chi connectivity index (χ1n) is 15.6. The highest BCUT2D eigenvalue weighted by Crippen LogP contribution is 2.54. The molecule has 1 fully saturated rings. The van der Waals surface area contributed by atoms with E-state index in [-0.39, 0.29) is 18.3 Å². The lowest BCUT2D eigenvalue weighted by molar-refractivity contribution is -0.237. The van der Waals surface area contributed by atoms with Crippen LogP contribution in [0.1, 0.15) is 56.5 Å². The van der Waals surface area contributed by atoms with E-state index in [1.807, 2.05) is 60.7 Å². The van der Waals surface area contributed by atoms with Crippen molar-refractivity contribution < 1.29 is 23.7 Å². The summed E-state index contributed by atoms with van der Waals surface area (Å²) >= 11 is 0. The molecule has 3 aromatic rings. The molecule has 5 rings (SSSR count). The second-order valence-electron chi connectivity index (χ2n) is 13.8. The van der Waals surface area contributed by atoms with E-state index in [4.69, 9.17) is 18.6 Å². The molecule has 1 saturated heterocycles. The lowest BCUT2D eigenvalue weighted by Crippen LogP contribution is -2.67. The number of hydrogen-bond acceptors (Lipinski definition) is 7. The summed E-state index contributed by atoms with van der Waals surface area (Å²) in [6.07, 6.45) is 3.20. The Bertz CT molecular complexity index is 1590. The quantitative estimate of drug-likeness (QED) is 0.215. The van der Waals surface area contributed by atoms with Gasteiger partial charge in [0.25, 0.3) is 5.56 Å². The fourth-order valence-electron chi connectivity index (χ4n) is 6.06. The molecule has 2 aromatic carbocycles. The van der Waals surface area contributed by atoms with Gasteiger partial charge in [0.15, 0.2) is 20.1 Å². The van der Waals surface area contributed by atoms with Crippen molar-refractivity contribution in [3.05, 3.63) is 117 Å². The summed E-state index contributed by atoms with van der Waals surface area (Å²) < 4.78 is 28.8. The fraction of sp³-hybridized carbons (Fsp3) is 0.486. The summed E-state index contributed by atoms with van der Waals surface area (Å²) in [4.78, 5) is 27.8. The number of benzene rings is 2. The SMILES string of the molecule is Cc1cn([C@@H]2O[C@@](COCc3ccccc3)(C3(O[Si](C)(C)C(C)(C)C)CC=CC3)C(OCc3ccccc3)C2O)c(=O)[nH]c1=O. The second kappa shape index (κ2) is 12.9. The highest BCUT2D eigenvalue weighted by molar-refractivity contribution is 6.74. The van der Waals surface area contributed by atoms with E-state index in [0.717, 1.165) is 11.1 Å². The molecule has 4 atom stereocenters. The molecule has 242 valence electrons. The highest BCUT2D eigenvalue weighted by atomic mass is 28.4. The Kier molecular flexibility index (Phi) is 9.56. The van der Waals surface area contributed by atoms with Gasteiger partial charge in [0, 0.05) is 11.8 Å². The maximum absolute atomic E-state index is 13.2. The normalized spacial score (nSPS) is 24.7. The maximum atomic E-state index is 13.2. The van der Waals surface area contributed by atoms with Crippen LogP contribution < -0.4 is 11.2 Å². The molecule has 0 amide bonds. The Morgan fingerprint density at radius 1 is 0.978 bits per heavy atom. The van der Waals surface area contributed by atoms with Gasteiger partial charge in [0.05, 0.1) is 25.4 Å². The minimum Gasteiger partial charge on any atom is -0.408 e. The first-order valence-corrected chi connectivity index (χ1v) is 18.5. The number of nitrogens with one attached hydrogen (secondary N) is 1. The van der Waals surface area contributed by atoms with Crippen molar-refractivity contribution in [3.8, 4) is 0 Å². The van der Waals surface area contributed by atoms with Gasteiger partial charge in [-0.1, -0.05) is 93.6 Å². The molecule has 0 saturated carbocycles. The Morgan fingerprint density at radius 2 is 1.56 bits per heavy atom. The van der Waals surface area contributed by atoms with E-state index in [0.29, 0.717) is 25.0 Å². The van der Waals surface area contributed by atoms with Gasteiger partial charge in [0.2, 0.25) is 0 Å². The zero-order chi connectivity index (χ0) is 32.5. The average Bonchev–Trinajstić information content (AvgIpc) is 3.58. The van der Waals surface area contributed by atoms with Gasteiger partial charge in [-0.25, -0.2) is 4.79 Å². The average molecular weight is 635 g/mol. The van der Waals surface area contributed by atoms with Crippen LogP contribution in [0.5, 0.6) is 0 Å². The summed E-state index contributed by atoms with van der Waals surface area (Å²) in [5.41, 5.74) is -1.25. The molecule has 2 unspecified atom stereocenters. The number of rotatable bonds is 11. The van der Waals surface area contributed by atoms with Gasteiger partial charge in [-0.05, 0) is 49.0 Å². The number of aromatic amines is 1. The van der Waals surface area contributed by atoms with E-state index in [1.54, 1.807) is 6.92 Å². The summed E-state index contributed by atoms with van der Waals surface area (Å²) in [5, 5.41) is 12.0. The molecular formula is C35H46N2O7Si. The molecular weight excluding hydrogens is 588 g/mol. The summed E-state index contributed by atoms with van der Waals surface area (Å²) in [6.45, 7) is 13.1. The predicted octanol–water partition coefficient (Wildman–Crippen LogP) is 5.39. The number of ether oxygens (including phenoxy) is 3. The fourth-order valence-corrected chi connectivity index (χ4v) is 7.69. The van der Waals surface area contributed by atoms with Crippen LogP contribution in [0, 0.1) is 6.92 Å². The number of H-pyrrole nitrogens is 1. The van der Waals surface area contributed by atoms with Gasteiger partial charge in [0.1, 0.15) is 12.2 Å². The monoisotopic (exact) mass is 634 g/mol. The Labute approximate surface area is 266 Å². The molecule has 1 aliphatic carbocycles. The lowest BCUT2D eigenvalue weighted by Gasteiger charge is -2.53. The van der Waals surface area contributed by atoms with Crippen LogP contribution in [0.15, 0.2) is 88.6 Å². The van der Waals surface area contributed by atoms with Crippen molar-refractivity contribution in [2.45, 2.75) is 102 Å². The second-order valence-corrected chi connectivity index (χ2v) is 18.5. The smallest absolute Gasteiger partial charge is 0.330 e. The van der Waals surface area contributed by atoms with E-state index in [9.17, 15) is 14.7 Å². The van der Waals surface area contributed by atoms with Gasteiger partial charge >= 0.3 is 5.69 Å². The third-order valence-corrected chi connectivity index (χ3v) is 14.1. The van der Waals surface area contributed by atoms with Crippen LogP contribution in [-0.4, -0.2) is 53.0 Å². The molecule has 0 spiro atoms. The van der Waals surface area contributed by atoms with E-state index in [2.05, 4.69) is 51.0 Å². The maximum Gasteiger partial charge on any atom is 0.330 e. The van der Waals surface area contributed by atoms with Crippen LogP contribution in [0.3, 0.4) is 0 Å². The largest absolute Gasteiger partial charge is 0.408 e. The van der Waals surface area contributed by atoms with Crippen LogP contribution >= 0.6 is 0 Å². The molecule has 1 aromatic heterocycles. The molecule has 2 aliphatic rings. The summed E-state index contributed by atoms with van der Waals surface area (Å²) in [7, 11) is -2.46. The highest BCUT2D eigenvalue weighted by Gasteiger charge is 2.68. The minimum absolute atomic E-state index is 0.0301. The molecule has 0 bridgehead atoms. The number of aromatic nitrogens is 2. The van der Waals surface area contributed by atoms with Crippen LogP contribution in [0.25, 0.3) is 0 Å². The van der Waals surface area contributed by atoms with Gasteiger partial charge in [-0.2, -0.15) is 0 Å². The molecule has 2 heterocycles. The zero-order valence-electron chi connectivity index (χ0n) is 27.1. The van der Waals surface area contributed by atoms with Crippen molar-refractivity contribution in [2.75, 3.05) is 6.61 Å². The van der Waals surface area contributed by atoms with E-state index in [1.165, 1.54) is 10.8 Å². The van der Waals surface area contributed by atoms with Gasteiger partial charge < -0.3 is 23.7 Å². The van der Waals surface area contributed by atoms with Crippen LogP contribution in [0.4, 0.5) is 0 Å². The number of hydrogen-bond donors (Lipinski definition) is 2. The van der Waals surface area contributed by atoms with Crippen molar-refractivity contribution in [3.63, 3.8) is 0 Å². The van der Waals surface area contributed by atoms with Crippen molar-refractivity contribution in [2.24, 2.45) is 0 Å². The first-order chi connectivity index (χ1) is 21.3. The third-order valence-electron chi connectivity index (χ3n) is 9.60. The van der Waals surface area contributed by atoms with Crippen molar-refractivity contribution in [1.29, 1.82) is 0 Å². The molecule has 10 heteroatoms. The van der Waals surface area contributed by atoms with Crippen LogP contribution in [0.2, 0.25) is 18.1 Å². The number of aryl methyl sites for hydroxylation is 1. The Morgan fingerprint density at radius 3 is 2.13 bits per heavy atom. The predicted molar refractivity (Wildman–Crippen MR) is 175 cm³/mol. The number of aliphatic hydroxyl groups excluding tert-OH is 1. The lowest BCUT2D eigenvalue weighted by atomic mass is 9.76. The van der Waals surface area contributed by atoms with Crippen LogP contribution in [-0.2, 0) is 31.9 Å². The number of nitrogens with zero attached hydrogens (tertiary/aromatic N) is 1. The summed E-state index contributed by atoms with van der Waals surface area (Å²) in [6, 6.07) is 19.6. The molecule has 1 aliphatic heterocycles. The first kappa shape index (κ1) is 33.2. The standard InChI is InChI=1S/C35H46N2O7Si/c1-25-21-37(32(40)36-30(25)39)31-28(38)29(42-23-27-17-11-8-12-18-27)35(43-31,24-41-22-26-15-9-7-10-16-26)34(19-13-14-20-34)44-45(5,6)33(2,3)4/h7-18,21,28-29,31,38H,19-20,22-24H2,1-6H3,(H,36,39,40)/t28?,29?,31-,35-/m1/s1. The molecule has 2 N–H and O–H groups in total. The molecule has 9 nitrogen and oxygen atoms in total. The number of aliphatic hydroxyl groups is 1. The van der Waals surface area contributed by atoms with E-state index >= 15 is 0 Å². The topological polar surface area (TPSA) is 112 Å².